The van der Waals surface area contributed by atoms with Gasteiger partial charge in [0.25, 0.3) is 0 Å². The highest BCUT2D eigenvalue weighted by Gasteiger charge is 2.36. The molecule has 0 saturated heterocycles. The van der Waals surface area contributed by atoms with E-state index in [1.165, 1.54) is 20.8 Å². The molecule has 0 aromatic heterocycles. The summed E-state index contributed by atoms with van der Waals surface area (Å²) >= 11 is 0. The third-order valence-corrected chi connectivity index (χ3v) is 3.75. The lowest BCUT2D eigenvalue weighted by Gasteiger charge is -2.23. The van der Waals surface area contributed by atoms with Crippen molar-refractivity contribution in [3.05, 3.63) is 57.7 Å². The van der Waals surface area contributed by atoms with Gasteiger partial charge in [0.1, 0.15) is 0 Å². The van der Waals surface area contributed by atoms with Crippen LogP contribution >= 0.6 is 0 Å². The summed E-state index contributed by atoms with van der Waals surface area (Å²) in [7, 11) is 0. The summed E-state index contributed by atoms with van der Waals surface area (Å²) in [6.45, 7) is 4.44. The van der Waals surface area contributed by atoms with Gasteiger partial charge in [-0.2, -0.15) is 0 Å². The molecule has 0 radical (unpaired) electrons. The minimum Gasteiger partial charge on any atom is -0.203 e. The molecule has 0 aliphatic carbocycles. The fourth-order valence-electron chi connectivity index (χ4n) is 2.47. The molecule has 8 heteroatoms. The minimum absolute atomic E-state index is 0.692. The lowest BCUT2D eigenvalue weighted by atomic mass is 9.84. The van der Waals surface area contributed by atoms with Gasteiger partial charge in [-0.1, -0.05) is 20.8 Å². The highest BCUT2D eigenvalue weighted by Crippen LogP contribution is 2.40. The Balaban J connectivity index is 3.03. The van der Waals surface area contributed by atoms with Crippen molar-refractivity contribution in [3.8, 4) is 11.1 Å². The normalized spacial score (nSPS) is 12.0. The van der Waals surface area contributed by atoms with Gasteiger partial charge < -0.3 is 0 Å². The van der Waals surface area contributed by atoms with E-state index in [1.807, 2.05) is 0 Å². The van der Waals surface area contributed by atoms with Crippen LogP contribution in [0.25, 0.3) is 11.1 Å². The highest BCUT2D eigenvalue weighted by molar-refractivity contribution is 5.68. The van der Waals surface area contributed by atoms with Crippen LogP contribution in [0.1, 0.15) is 31.9 Å². The van der Waals surface area contributed by atoms with Crippen molar-refractivity contribution >= 4 is 0 Å². The van der Waals surface area contributed by atoms with Crippen LogP contribution in [0.2, 0.25) is 0 Å². The first kappa shape index (κ1) is 19.2. The maximum absolute atomic E-state index is 14.3. The Bertz CT molecular complexity index is 820. The molecule has 2 aromatic carbocycles. The molecule has 0 spiro atoms. The van der Waals surface area contributed by atoms with Crippen LogP contribution in [0.5, 0.6) is 0 Å². The predicted molar refractivity (Wildman–Crippen MR) is 75.0 cm³/mol. The Hall–Kier alpha value is -2.12. The van der Waals surface area contributed by atoms with Gasteiger partial charge in [-0.25, -0.2) is 35.1 Å². The van der Waals surface area contributed by atoms with Crippen molar-refractivity contribution in [1.82, 2.24) is 0 Å². The van der Waals surface area contributed by atoms with Crippen LogP contribution < -0.4 is 0 Å². The van der Waals surface area contributed by atoms with E-state index in [2.05, 4.69) is 0 Å². The Morgan fingerprint density at radius 3 is 1.04 bits per heavy atom. The first-order chi connectivity index (χ1) is 11.3. The first-order valence-corrected chi connectivity index (χ1v) is 7.01. The highest BCUT2D eigenvalue weighted by atomic mass is 19.2. The molecule has 0 aliphatic heterocycles. The van der Waals surface area contributed by atoms with Crippen LogP contribution in [0.15, 0.2) is 0 Å². The number of benzene rings is 2. The summed E-state index contributed by atoms with van der Waals surface area (Å²) in [6.07, 6.45) is 0. The summed E-state index contributed by atoms with van der Waals surface area (Å²) < 4.78 is 112. The number of rotatable bonds is 1. The second kappa shape index (κ2) is 6.00. The van der Waals surface area contributed by atoms with Crippen LogP contribution in [0.4, 0.5) is 35.1 Å². The van der Waals surface area contributed by atoms with Crippen LogP contribution in [0.3, 0.4) is 0 Å². The Kier molecular flexibility index (Phi) is 4.61. The van der Waals surface area contributed by atoms with Gasteiger partial charge in [-0.3, -0.25) is 0 Å². The second-order valence-electron chi connectivity index (χ2n) is 6.51. The molecule has 2 rings (SSSR count). The lowest BCUT2D eigenvalue weighted by molar-refractivity contribution is 0.403. The third-order valence-electron chi connectivity index (χ3n) is 3.75. The molecule has 2 aromatic rings. The second-order valence-corrected chi connectivity index (χ2v) is 6.51. The van der Waals surface area contributed by atoms with Gasteiger partial charge >= 0.3 is 0 Å². The molecule has 0 heterocycles. The zero-order valence-electron chi connectivity index (χ0n) is 13.5. The van der Waals surface area contributed by atoms with Crippen molar-refractivity contribution in [2.75, 3.05) is 0 Å². The molecule has 0 unspecified atom stereocenters. The maximum atomic E-state index is 14.3. The predicted octanol–water partition coefficient (Wildman–Crippen LogP) is 6.07. The minimum atomic E-state index is -2.16. The summed E-state index contributed by atoms with van der Waals surface area (Å²) in [6, 6.07) is 0. The Morgan fingerprint density at radius 2 is 0.760 bits per heavy atom. The molecule has 0 N–H and O–H groups in total. The third kappa shape index (κ3) is 2.77. The van der Waals surface area contributed by atoms with E-state index in [4.69, 9.17) is 0 Å². The van der Waals surface area contributed by atoms with Crippen molar-refractivity contribution < 1.29 is 35.1 Å². The van der Waals surface area contributed by atoms with E-state index < -0.39 is 74.2 Å². The zero-order chi connectivity index (χ0) is 19.4. The van der Waals surface area contributed by atoms with Crippen molar-refractivity contribution in [2.24, 2.45) is 0 Å². The topological polar surface area (TPSA) is 0 Å². The zero-order valence-corrected chi connectivity index (χ0v) is 13.5. The van der Waals surface area contributed by atoms with E-state index in [-0.39, 0.29) is 0 Å². The average molecular weight is 368 g/mol. The van der Waals surface area contributed by atoms with E-state index in [9.17, 15) is 35.1 Å². The average Bonchev–Trinajstić information content (AvgIpc) is 2.51. The molecule has 0 nitrogen and oxygen atoms in total. The Labute approximate surface area is 138 Å². The molecular formula is C17H12F8. The van der Waals surface area contributed by atoms with Crippen molar-refractivity contribution in [3.63, 3.8) is 0 Å². The van der Waals surface area contributed by atoms with Gasteiger partial charge in [0.05, 0.1) is 11.1 Å². The molecule has 0 aliphatic rings. The standard InChI is InChI=1S/C17H12F8/c1-5-9(18)11(20)6(12(21)10(5)19)7-13(22)15(24)8(17(2,3)4)16(25)14(7)23/h1-4H3. The van der Waals surface area contributed by atoms with E-state index in [1.54, 1.807) is 0 Å². The molecule has 25 heavy (non-hydrogen) atoms. The summed E-state index contributed by atoms with van der Waals surface area (Å²) in [5, 5.41) is 0. The van der Waals surface area contributed by atoms with Gasteiger partial charge in [-0.05, 0) is 12.3 Å². The fourth-order valence-corrected chi connectivity index (χ4v) is 2.47. The first-order valence-electron chi connectivity index (χ1n) is 7.01. The van der Waals surface area contributed by atoms with Crippen LogP contribution in [0, 0.1) is 53.5 Å². The van der Waals surface area contributed by atoms with Crippen LogP contribution in [-0.2, 0) is 5.41 Å². The van der Waals surface area contributed by atoms with E-state index >= 15 is 0 Å². The van der Waals surface area contributed by atoms with Gasteiger partial charge in [-0.15, -0.1) is 0 Å². The number of hydrogen-bond donors (Lipinski definition) is 0. The van der Waals surface area contributed by atoms with Crippen molar-refractivity contribution in [1.29, 1.82) is 0 Å². The molecule has 0 atom stereocenters. The summed E-state index contributed by atoms with van der Waals surface area (Å²) in [5.41, 5.74) is -7.17. The lowest BCUT2D eigenvalue weighted by Crippen LogP contribution is -2.20. The van der Waals surface area contributed by atoms with Gasteiger partial charge in [0.15, 0.2) is 46.5 Å². The monoisotopic (exact) mass is 368 g/mol. The summed E-state index contributed by atoms with van der Waals surface area (Å²) in [4.78, 5) is 0. The molecule has 0 bridgehead atoms. The fraction of sp³-hybridized carbons (Fsp3) is 0.294. The van der Waals surface area contributed by atoms with Gasteiger partial charge in [0.2, 0.25) is 0 Å². The molecule has 136 valence electrons. The maximum Gasteiger partial charge on any atom is 0.170 e. The quantitative estimate of drug-likeness (QED) is 0.423. The number of hydrogen-bond acceptors (Lipinski definition) is 0. The van der Waals surface area contributed by atoms with E-state index in [0.717, 1.165) is 0 Å². The van der Waals surface area contributed by atoms with Gasteiger partial charge in [0, 0.05) is 11.1 Å². The summed E-state index contributed by atoms with van der Waals surface area (Å²) in [5.74, 6) is -16.3. The largest absolute Gasteiger partial charge is 0.203 e. The molecule has 0 saturated carbocycles. The SMILES string of the molecule is Cc1c(F)c(F)c(-c2c(F)c(F)c(C(C)(C)C)c(F)c2F)c(F)c1F. The molecule has 0 fully saturated rings. The van der Waals surface area contributed by atoms with E-state index in [0.29, 0.717) is 6.92 Å². The smallest absolute Gasteiger partial charge is 0.170 e. The van der Waals surface area contributed by atoms with Crippen LogP contribution in [-0.4, -0.2) is 0 Å². The van der Waals surface area contributed by atoms with Crippen molar-refractivity contribution in [2.45, 2.75) is 33.1 Å². The molecular weight excluding hydrogens is 356 g/mol. The Morgan fingerprint density at radius 1 is 0.480 bits per heavy atom. The molecule has 0 amide bonds. The number of halogens is 8.